The van der Waals surface area contributed by atoms with Gasteiger partial charge in [-0.1, -0.05) is 18.2 Å². The van der Waals surface area contributed by atoms with Crippen LogP contribution < -0.4 is 4.74 Å². The Bertz CT molecular complexity index is 388. The summed E-state index contributed by atoms with van der Waals surface area (Å²) in [5, 5.41) is 0. The molecule has 0 aromatic heterocycles. The molecule has 2 aliphatic heterocycles. The van der Waals surface area contributed by atoms with Crippen LogP contribution in [0.15, 0.2) is 24.3 Å². The Balaban J connectivity index is 1.68. The fourth-order valence-corrected chi connectivity index (χ4v) is 2.72. The molecule has 1 fully saturated rings. The number of alkyl halides is 1. The van der Waals surface area contributed by atoms with Crippen molar-refractivity contribution < 1.29 is 9.13 Å². The lowest BCUT2D eigenvalue weighted by Gasteiger charge is -2.38. The van der Waals surface area contributed by atoms with Crippen molar-refractivity contribution in [1.29, 1.82) is 0 Å². The summed E-state index contributed by atoms with van der Waals surface area (Å²) >= 11 is 0. The van der Waals surface area contributed by atoms with E-state index in [1.807, 2.05) is 12.1 Å². The number of aryl methyl sites for hydroxylation is 1. The number of benzene rings is 1. The van der Waals surface area contributed by atoms with E-state index in [-0.39, 0.29) is 6.23 Å². The van der Waals surface area contributed by atoms with Crippen LogP contribution in [0.25, 0.3) is 0 Å². The van der Waals surface area contributed by atoms with Crippen LogP contribution in [-0.2, 0) is 6.42 Å². The van der Waals surface area contributed by atoms with Gasteiger partial charge in [-0.2, -0.15) is 0 Å². The summed E-state index contributed by atoms with van der Waals surface area (Å²) in [5.41, 5.74) is 1.30. The molecule has 0 spiro atoms. The fourth-order valence-electron chi connectivity index (χ4n) is 2.72. The van der Waals surface area contributed by atoms with Gasteiger partial charge in [-0.3, -0.25) is 4.90 Å². The van der Waals surface area contributed by atoms with Gasteiger partial charge in [-0.25, -0.2) is 4.39 Å². The summed E-state index contributed by atoms with van der Waals surface area (Å²) in [7, 11) is 0. The van der Waals surface area contributed by atoms with Crippen molar-refractivity contribution in [2.45, 2.75) is 38.1 Å². The standard InChI is InChI=1S/C14H18FNO/c15-12-7-9-16(10-8-12)14-6-5-11-3-1-2-4-13(11)17-14/h1-4,12,14H,5-10H2. The van der Waals surface area contributed by atoms with Gasteiger partial charge in [0.15, 0.2) is 6.23 Å². The minimum Gasteiger partial charge on any atom is -0.475 e. The lowest BCUT2D eigenvalue weighted by molar-refractivity contribution is -0.0146. The summed E-state index contributed by atoms with van der Waals surface area (Å²) in [6, 6.07) is 8.22. The minimum atomic E-state index is -0.609. The number of rotatable bonds is 1. The van der Waals surface area contributed by atoms with E-state index in [4.69, 9.17) is 4.74 Å². The normalized spacial score (nSPS) is 26.3. The fraction of sp³-hybridized carbons (Fsp3) is 0.571. The monoisotopic (exact) mass is 235 g/mol. The highest BCUT2D eigenvalue weighted by molar-refractivity contribution is 5.34. The van der Waals surface area contributed by atoms with Crippen LogP contribution >= 0.6 is 0 Å². The second-order valence-corrected chi connectivity index (χ2v) is 4.93. The first-order valence-electron chi connectivity index (χ1n) is 6.45. The molecular formula is C14H18FNO. The maximum absolute atomic E-state index is 13.1. The number of piperidine rings is 1. The highest BCUT2D eigenvalue weighted by atomic mass is 19.1. The summed E-state index contributed by atoms with van der Waals surface area (Å²) in [4.78, 5) is 2.28. The van der Waals surface area contributed by atoms with Gasteiger partial charge in [0, 0.05) is 19.5 Å². The Morgan fingerprint density at radius 2 is 1.88 bits per heavy atom. The summed E-state index contributed by atoms with van der Waals surface area (Å²) in [6.07, 6.45) is 2.94. The molecule has 1 unspecified atom stereocenters. The molecule has 1 aromatic rings. The molecule has 3 rings (SSSR count). The van der Waals surface area contributed by atoms with E-state index in [1.54, 1.807) is 0 Å². The third-order valence-electron chi connectivity index (χ3n) is 3.76. The zero-order chi connectivity index (χ0) is 11.7. The van der Waals surface area contributed by atoms with E-state index in [0.717, 1.165) is 31.7 Å². The molecule has 2 heterocycles. The number of ether oxygens (including phenoxy) is 1. The molecule has 1 saturated heterocycles. The van der Waals surface area contributed by atoms with Crippen LogP contribution in [0.4, 0.5) is 4.39 Å². The van der Waals surface area contributed by atoms with Crippen molar-refractivity contribution in [3.63, 3.8) is 0 Å². The molecule has 0 N–H and O–H groups in total. The molecule has 0 aliphatic carbocycles. The first-order chi connectivity index (χ1) is 8.33. The number of nitrogens with zero attached hydrogens (tertiary/aromatic N) is 1. The maximum Gasteiger partial charge on any atom is 0.153 e. The van der Waals surface area contributed by atoms with E-state index >= 15 is 0 Å². The molecule has 0 amide bonds. The molecule has 0 saturated carbocycles. The van der Waals surface area contributed by atoms with E-state index < -0.39 is 6.17 Å². The van der Waals surface area contributed by atoms with Gasteiger partial charge in [-0.15, -0.1) is 0 Å². The Labute approximate surface area is 101 Å². The average Bonchev–Trinajstić information content (AvgIpc) is 2.39. The summed E-state index contributed by atoms with van der Waals surface area (Å²) < 4.78 is 19.1. The Hall–Kier alpha value is -1.09. The van der Waals surface area contributed by atoms with Crippen molar-refractivity contribution >= 4 is 0 Å². The second-order valence-electron chi connectivity index (χ2n) is 4.93. The van der Waals surface area contributed by atoms with Crippen LogP contribution in [0.5, 0.6) is 5.75 Å². The summed E-state index contributed by atoms with van der Waals surface area (Å²) in [6.45, 7) is 1.65. The van der Waals surface area contributed by atoms with Gasteiger partial charge >= 0.3 is 0 Å². The average molecular weight is 235 g/mol. The maximum atomic E-state index is 13.1. The van der Waals surface area contributed by atoms with Crippen molar-refractivity contribution in [1.82, 2.24) is 4.90 Å². The number of likely N-dealkylation sites (tertiary alicyclic amines) is 1. The summed E-state index contributed by atoms with van der Waals surface area (Å²) in [5.74, 6) is 1.01. The van der Waals surface area contributed by atoms with E-state index in [2.05, 4.69) is 17.0 Å². The Morgan fingerprint density at radius 3 is 2.71 bits per heavy atom. The first kappa shape index (κ1) is 11.0. The van der Waals surface area contributed by atoms with Crippen LogP contribution in [-0.4, -0.2) is 30.4 Å². The zero-order valence-corrected chi connectivity index (χ0v) is 9.94. The molecule has 1 atom stereocenters. The predicted octanol–water partition coefficient (Wildman–Crippen LogP) is 2.77. The topological polar surface area (TPSA) is 12.5 Å². The number of fused-ring (bicyclic) bond motifs is 1. The van der Waals surface area contributed by atoms with E-state index in [9.17, 15) is 4.39 Å². The van der Waals surface area contributed by atoms with Crippen molar-refractivity contribution in [3.05, 3.63) is 29.8 Å². The Morgan fingerprint density at radius 1 is 1.12 bits per heavy atom. The molecule has 92 valence electrons. The highest BCUT2D eigenvalue weighted by Crippen LogP contribution is 2.29. The van der Waals surface area contributed by atoms with Crippen molar-refractivity contribution in [2.24, 2.45) is 0 Å². The molecule has 2 aliphatic rings. The molecule has 2 nitrogen and oxygen atoms in total. The van der Waals surface area contributed by atoms with Crippen molar-refractivity contribution in [2.75, 3.05) is 13.1 Å². The Kier molecular flexibility index (Phi) is 3.02. The molecule has 17 heavy (non-hydrogen) atoms. The van der Waals surface area contributed by atoms with Crippen LogP contribution in [0, 0.1) is 0 Å². The number of hydrogen-bond acceptors (Lipinski definition) is 2. The van der Waals surface area contributed by atoms with Gasteiger partial charge in [-0.05, 0) is 30.9 Å². The van der Waals surface area contributed by atoms with Crippen LogP contribution in [0.3, 0.4) is 0 Å². The van der Waals surface area contributed by atoms with Gasteiger partial charge in [0.05, 0.1) is 0 Å². The first-order valence-corrected chi connectivity index (χ1v) is 6.45. The minimum absolute atomic E-state index is 0.150. The van der Waals surface area contributed by atoms with Crippen molar-refractivity contribution in [3.8, 4) is 5.75 Å². The van der Waals surface area contributed by atoms with Crippen LogP contribution in [0.2, 0.25) is 0 Å². The molecule has 1 aromatic carbocycles. The predicted molar refractivity (Wildman–Crippen MR) is 64.9 cm³/mol. The highest BCUT2D eigenvalue weighted by Gasteiger charge is 2.28. The SMILES string of the molecule is FC1CCN(C2CCc3ccccc3O2)CC1. The molecular weight excluding hydrogens is 217 g/mol. The smallest absolute Gasteiger partial charge is 0.153 e. The largest absolute Gasteiger partial charge is 0.475 e. The zero-order valence-electron chi connectivity index (χ0n) is 9.94. The van der Waals surface area contributed by atoms with Crippen LogP contribution in [0.1, 0.15) is 24.8 Å². The number of hydrogen-bond donors (Lipinski definition) is 0. The molecule has 3 heteroatoms. The molecule has 0 bridgehead atoms. The van der Waals surface area contributed by atoms with E-state index in [0.29, 0.717) is 12.8 Å². The van der Waals surface area contributed by atoms with Gasteiger partial charge in [0.25, 0.3) is 0 Å². The van der Waals surface area contributed by atoms with Gasteiger partial charge < -0.3 is 4.74 Å². The van der Waals surface area contributed by atoms with Gasteiger partial charge in [0.1, 0.15) is 11.9 Å². The lowest BCUT2D eigenvalue weighted by Crippen LogP contribution is -2.46. The quantitative estimate of drug-likeness (QED) is 0.742. The second kappa shape index (κ2) is 4.65. The number of halogens is 1. The van der Waals surface area contributed by atoms with Gasteiger partial charge in [0.2, 0.25) is 0 Å². The number of para-hydroxylation sites is 1. The van der Waals surface area contributed by atoms with E-state index in [1.165, 1.54) is 5.56 Å². The molecule has 0 radical (unpaired) electrons. The lowest BCUT2D eigenvalue weighted by atomic mass is 10.0. The third kappa shape index (κ3) is 2.29. The third-order valence-corrected chi connectivity index (χ3v) is 3.76.